The van der Waals surface area contributed by atoms with Crippen LogP contribution in [-0.2, 0) is 13.0 Å². The molecule has 2 aromatic rings. The molecule has 21 heavy (non-hydrogen) atoms. The van der Waals surface area contributed by atoms with Gasteiger partial charge < -0.3 is 12.4 Å². The molecular formula is C17H24ClN3. The fourth-order valence-electron chi connectivity index (χ4n) is 2.80. The summed E-state index contributed by atoms with van der Waals surface area (Å²) < 4.78 is 4.09. The SMILES string of the molecule is CCCCc1cccc2c1n(C#N)c(C)[n+]2CCCC.[Cl-]. The maximum absolute atomic E-state index is 9.50. The number of imidazole rings is 1. The molecule has 0 atom stereocenters. The van der Waals surface area contributed by atoms with Crippen LogP contribution in [0.3, 0.4) is 0 Å². The maximum atomic E-state index is 9.50. The summed E-state index contributed by atoms with van der Waals surface area (Å²) in [7, 11) is 0. The summed E-state index contributed by atoms with van der Waals surface area (Å²) in [6.45, 7) is 7.44. The first-order chi connectivity index (χ1) is 9.74. The summed E-state index contributed by atoms with van der Waals surface area (Å²) in [5, 5.41) is 9.50. The number of benzene rings is 1. The molecule has 3 nitrogen and oxygen atoms in total. The molecule has 4 heteroatoms. The highest BCUT2D eigenvalue weighted by molar-refractivity contribution is 5.77. The Labute approximate surface area is 133 Å². The first-order valence-electron chi connectivity index (χ1n) is 7.67. The van der Waals surface area contributed by atoms with Gasteiger partial charge in [-0.25, -0.2) is 4.57 Å². The van der Waals surface area contributed by atoms with Gasteiger partial charge in [-0.05, 0) is 25.3 Å². The lowest BCUT2D eigenvalue weighted by Gasteiger charge is -2.00. The fourth-order valence-corrected chi connectivity index (χ4v) is 2.80. The zero-order valence-electron chi connectivity index (χ0n) is 13.2. The third-order valence-electron chi connectivity index (χ3n) is 3.96. The molecule has 0 aliphatic rings. The smallest absolute Gasteiger partial charge is 0.297 e. The predicted octanol–water partition coefficient (Wildman–Crippen LogP) is 0.713. The molecule has 0 saturated heterocycles. The van der Waals surface area contributed by atoms with Gasteiger partial charge in [0.2, 0.25) is 0 Å². The summed E-state index contributed by atoms with van der Waals surface area (Å²) in [6, 6.07) is 6.42. The molecule has 0 aliphatic carbocycles. The Morgan fingerprint density at radius 3 is 2.52 bits per heavy atom. The van der Waals surface area contributed by atoms with Crippen molar-refractivity contribution >= 4 is 11.0 Å². The Bertz CT molecular complexity index is 638. The lowest BCUT2D eigenvalue weighted by molar-refractivity contribution is -0.678. The molecule has 0 radical (unpaired) electrons. The zero-order valence-corrected chi connectivity index (χ0v) is 14.0. The van der Waals surface area contributed by atoms with Crippen molar-refractivity contribution in [2.75, 3.05) is 0 Å². The highest BCUT2D eigenvalue weighted by atomic mass is 35.5. The summed E-state index contributed by atoms with van der Waals surface area (Å²) >= 11 is 0. The summed E-state index contributed by atoms with van der Waals surface area (Å²) in [6.07, 6.45) is 8.06. The van der Waals surface area contributed by atoms with Crippen molar-refractivity contribution in [1.29, 1.82) is 5.26 Å². The van der Waals surface area contributed by atoms with Crippen LogP contribution in [0.25, 0.3) is 11.0 Å². The molecule has 0 unspecified atom stereocenters. The minimum atomic E-state index is 0. The quantitative estimate of drug-likeness (QED) is 0.724. The average Bonchev–Trinajstić information content (AvgIpc) is 2.74. The predicted molar refractivity (Wildman–Crippen MR) is 81.4 cm³/mol. The van der Waals surface area contributed by atoms with E-state index in [-0.39, 0.29) is 12.4 Å². The van der Waals surface area contributed by atoms with Gasteiger partial charge in [0.25, 0.3) is 12.0 Å². The number of rotatable bonds is 6. The van der Waals surface area contributed by atoms with E-state index in [1.165, 1.54) is 30.3 Å². The number of unbranched alkanes of at least 4 members (excludes halogenated alkanes) is 2. The number of halogens is 1. The van der Waals surface area contributed by atoms with Crippen LogP contribution in [0.5, 0.6) is 0 Å². The number of hydrogen-bond donors (Lipinski definition) is 0. The molecule has 114 valence electrons. The number of fused-ring (bicyclic) bond motifs is 1. The van der Waals surface area contributed by atoms with Gasteiger partial charge in [-0.3, -0.25) is 0 Å². The van der Waals surface area contributed by atoms with E-state index < -0.39 is 0 Å². The van der Waals surface area contributed by atoms with E-state index in [2.05, 4.69) is 42.8 Å². The molecule has 1 aromatic heterocycles. The second kappa shape index (κ2) is 8.05. The minimum Gasteiger partial charge on any atom is -1.00 e. The number of aromatic nitrogens is 2. The van der Waals surface area contributed by atoms with Crippen molar-refractivity contribution in [3.63, 3.8) is 0 Å². The van der Waals surface area contributed by atoms with E-state index in [0.29, 0.717) is 0 Å². The highest BCUT2D eigenvalue weighted by Crippen LogP contribution is 2.20. The van der Waals surface area contributed by atoms with Crippen molar-refractivity contribution in [2.24, 2.45) is 0 Å². The first-order valence-corrected chi connectivity index (χ1v) is 7.67. The van der Waals surface area contributed by atoms with Gasteiger partial charge in [0.15, 0.2) is 11.0 Å². The summed E-state index contributed by atoms with van der Waals surface area (Å²) in [5.74, 6) is 1.04. The van der Waals surface area contributed by atoms with Crippen LogP contribution in [-0.4, -0.2) is 4.57 Å². The third-order valence-corrected chi connectivity index (χ3v) is 3.96. The highest BCUT2D eigenvalue weighted by Gasteiger charge is 2.23. The van der Waals surface area contributed by atoms with E-state index in [1.54, 1.807) is 4.57 Å². The van der Waals surface area contributed by atoms with E-state index >= 15 is 0 Å². The molecule has 0 saturated carbocycles. The lowest BCUT2D eigenvalue weighted by Crippen LogP contribution is -3.00. The molecule has 1 aromatic carbocycles. The van der Waals surface area contributed by atoms with Crippen molar-refractivity contribution in [3.8, 4) is 6.19 Å². The van der Waals surface area contributed by atoms with Crippen LogP contribution in [0.1, 0.15) is 50.9 Å². The van der Waals surface area contributed by atoms with Gasteiger partial charge >= 0.3 is 0 Å². The number of nitrogens with zero attached hydrogens (tertiary/aromatic N) is 3. The Balaban J connectivity index is 0.00000220. The third kappa shape index (κ3) is 3.39. The molecule has 0 amide bonds. The number of hydrogen-bond acceptors (Lipinski definition) is 1. The summed E-state index contributed by atoms with van der Waals surface area (Å²) in [4.78, 5) is 0. The molecule has 2 rings (SSSR count). The van der Waals surface area contributed by atoms with Crippen LogP contribution in [0.4, 0.5) is 0 Å². The second-order valence-corrected chi connectivity index (χ2v) is 5.38. The summed E-state index contributed by atoms with van der Waals surface area (Å²) in [5.41, 5.74) is 3.60. The van der Waals surface area contributed by atoms with Gasteiger partial charge in [-0.1, -0.05) is 38.8 Å². The van der Waals surface area contributed by atoms with Crippen molar-refractivity contribution in [3.05, 3.63) is 29.6 Å². The van der Waals surface area contributed by atoms with Crippen LogP contribution >= 0.6 is 0 Å². The Morgan fingerprint density at radius 2 is 1.90 bits per heavy atom. The fraction of sp³-hybridized carbons (Fsp3) is 0.529. The van der Waals surface area contributed by atoms with Crippen molar-refractivity contribution in [1.82, 2.24) is 4.57 Å². The van der Waals surface area contributed by atoms with Crippen LogP contribution in [0.15, 0.2) is 18.2 Å². The van der Waals surface area contributed by atoms with Crippen molar-refractivity contribution in [2.45, 2.75) is 59.4 Å². The second-order valence-electron chi connectivity index (χ2n) is 5.38. The lowest BCUT2D eigenvalue weighted by atomic mass is 10.1. The number of aryl methyl sites for hydroxylation is 2. The maximum Gasteiger partial charge on any atom is 0.297 e. The molecule has 0 aliphatic heterocycles. The monoisotopic (exact) mass is 305 g/mol. The zero-order chi connectivity index (χ0) is 14.5. The molecule has 0 spiro atoms. The normalized spacial score (nSPS) is 10.4. The molecule has 0 N–H and O–H groups in total. The first kappa shape index (κ1) is 17.5. The Kier molecular flexibility index (Phi) is 6.71. The van der Waals surface area contributed by atoms with E-state index in [0.717, 1.165) is 30.7 Å². The molecule has 0 fully saturated rings. The van der Waals surface area contributed by atoms with Gasteiger partial charge in [0, 0.05) is 12.5 Å². The minimum absolute atomic E-state index is 0. The van der Waals surface area contributed by atoms with E-state index in [9.17, 15) is 5.26 Å². The molecular weight excluding hydrogens is 282 g/mol. The molecule has 0 bridgehead atoms. The topological polar surface area (TPSA) is 32.6 Å². The largest absolute Gasteiger partial charge is 1.00 e. The van der Waals surface area contributed by atoms with Gasteiger partial charge in [0.05, 0.1) is 6.54 Å². The number of nitriles is 1. The number of para-hydroxylation sites is 1. The molecule has 1 heterocycles. The van der Waals surface area contributed by atoms with E-state index in [1.807, 2.05) is 6.92 Å². The van der Waals surface area contributed by atoms with Gasteiger partial charge in [-0.2, -0.15) is 0 Å². The van der Waals surface area contributed by atoms with Gasteiger partial charge in [-0.15, -0.1) is 9.83 Å². The van der Waals surface area contributed by atoms with Crippen LogP contribution < -0.4 is 17.0 Å². The van der Waals surface area contributed by atoms with Crippen molar-refractivity contribution < 1.29 is 17.0 Å². The average molecular weight is 306 g/mol. The van der Waals surface area contributed by atoms with Crippen LogP contribution in [0, 0.1) is 18.4 Å². The Morgan fingerprint density at radius 1 is 1.19 bits per heavy atom. The standard InChI is InChI=1S/C17H24N3.ClH/c1-4-6-9-15-10-8-11-16-17(15)20(13-18)14(3)19(16)12-7-5-2;/h8,10-11H,4-7,9,12H2,1-3H3;1H/q+1;/p-1. The Hall–Kier alpha value is -1.53. The van der Waals surface area contributed by atoms with Crippen LogP contribution in [0.2, 0.25) is 0 Å². The van der Waals surface area contributed by atoms with Gasteiger partial charge in [0.1, 0.15) is 0 Å². The van der Waals surface area contributed by atoms with E-state index in [4.69, 9.17) is 0 Å².